The third kappa shape index (κ3) is 3.15. The van der Waals surface area contributed by atoms with Gasteiger partial charge in [0.05, 0.1) is 22.9 Å². The first-order valence-corrected chi connectivity index (χ1v) is 9.85. The number of hydrogen-bond donors (Lipinski definition) is 1. The number of nitrogens with one attached hydrogen (secondary N) is 1. The van der Waals surface area contributed by atoms with E-state index >= 15 is 0 Å². The summed E-state index contributed by atoms with van der Waals surface area (Å²) in [5, 5.41) is 7.67. The number of aromatic nitrogens is 2. The van der Waals surface area contributed by atoms with Crippen LogP contribution in [-0.4, -0.2) is 19.9 Å². The fourth-order valence-corrected chi connectivity index (χ4v) is 4.27. The summed E-state index contributed by atoms with van der Waals surface area (Å²) < 4.78 is 13.7. The summed E-state index contributed by atoms with van der Waals surface area (Å²) in [5.41, 5.74) is 3.81. The average Bonchev–Trinajstić information content (AvgIpc) is 3.07. The molecular weight excluding hydrogens is 322 g/mol. The minimum Gasteiger partial charge on any atom is -0.310 e. The standard InChI is InChI=1S/C18H23N3O2S/c1-4-13(5-2)18(22)19-17-15-10-24(23)11-16(15)20-21(17)14-8-6-12(3)7-9-14/h6-9,13H,4-5,10-11H2,1-3H3,(H,19,22). The Kier molecular flexibility index (Phi) is 4.85. The number of amides is 1. The number of fused-ring (bicyclic) bond motifs is 1. The highest BCUT2D eigenvalue weighted by atomic mass is 32.2. The van der Waals surface area contributed by atoms with Crippen molar-refractivity contribution in [3.05, 3.63) is 41.1 Å². The van der Waals surface area contributed by atoms with Crippen LogP contribution in [0, 0.1) is 12.8 Å². The fraction of sp³-hybridized carbons (Fsp3) is 0.444. The lowest BCUT2D eigenvalue weighted by atomic mass is 10.0. The van der Waals surface area contributed by atoms with Gasteiger partial charge in [-0.05, 0) is 31.9 Å². The van der Waals surface area contributed by atoms with Gasteiger partial charge in [-0.3, -0.25) is 9.00 Å². The molecule has 0 radical (unpaired) electrons. The highest BCUT2D eigenvalue weighted by Gasteiger charge is 2.29. The Bertz CT molecular complexity index is 776. The summed E-state index contributed by atoms with van der Waals surface area (Å²) in [6.45, 7) is 6.07. The molecule has 0 bridgehead atoms. The van der Waals surface area contributed by atoms with Crippen molar-refractivity contribution in [2.24, 2.45) is 5.92 Å². The van der Waals surface area contributed by atoms with Gasteiger partial charge in [-0.25, -0.2) is 4.68 Å². The molecular formula is C18H23N3O2S. The monoisotopic (exact) mass is 345 g/mol. The van der Waals surface area contributed by atoms with Crippen molar-refractivity contribution in [2.45, 2.75) is 45.1 Å². The zero-order chi connectivity index (χ0) is 17.3. The summed E-state index contributed by atoms with van der Waals surface area (Å²) in [6.07, 6.45) is 1.60. The minimum absolute atomic E-state index is 0.00810. The van der Waals surface area contributed by atoms with E-state index < -0.39 is 10.8 Å². The van der Waals surface area contributed by atoms with Crippen LogP contribution in [0.3, 0.4) is 0 Å². The molecule has 1 aromatic carbocycles. The van der Waals surface area contributed by atoms with E-state index in [0.29, 0.717) is 17.3 Å². The van der Waals surface area contributed by atoms with Crippen LogP contribution in [-0.2, 0) is 27.1 Å². The molecule has 1 unspecified atom stereocenters. The lowest BCUT2D eigenvalue weighted by Crippen LogP contribution is -2.24. The second kappa shape index (κ2) is 6.89. The van der Waals surface area contributed by atoms with Gasteiger partial charge in [0.25, 0.3) is 0 Å². The molecule has 0 fully saturated rings. The molecule has 0 saturated carbocycles. The van der Waals surface area contributed by atoms with Crippen molar-refractivity contribution in [3.63, 3.8) is 0 Å². The first-order valence-electron chi connectivity index (χ1n) is 8.37. The molecule has 1 N–H and O–H groups in total. The number of carbonyl (C=O) groups is 1. The Morgan fingerprint density at radius 3 is 2.54 bits per heavy atom. The highest BCUT2D eigenvalue weighted by Crippen LogP contribution is 2.32. The SMILES string of the molecule is CCC(CC)C(=O)Nc1c2c(nn1-c1ccc(C)cc1)CS(=O)C2. The highest BCUT2D eigenvalue weighted by molar-refractivity contribution is 7.83. The molecule has 2 aromatic rings. The number of nitrogens with zero attached hydrogens (tertiary/aromatic N) is 2. The smallest absolute Gasteiger partial charge is 0.228 e. The van der Waals surface area contributed by atoms with E-state index in [-0.39, 0.29) is 11.8 Å². The van der Waals surface area contributed by atoms with Crippen LogP contribution in [0.2, 0.25) is 0 Å². The molecule has 1 atom stereocenters. The summed E-state index contributed by atoms with van der Waals surface area (Å²) >= 11 is 0. The number of anilines is 1. The van der Waals surface area contributed by atoms with Crippen molar-refractivity contribution in [1.82, 2.24) is 9.78 Å². The van der Waals surface area contributed by atoms with Crippen LogP contribution in [0.25, 0.3) is 5.69 Å². The Morgan fingerprint density at radius 2 is 1.92 bits per heavy atom. The van der Waals surface area contributed by atoms with Gasteiger partial charge in [0.15, 0.2) is 0 Å². The van der Waals surface area contributed by atoms with E-state index in [4.69, 9.17) is 0 Å². The van der Waals surface area contributed by atoms with Gasteiger partial charge in [-0.15, -0.1) is 0 Å². The first kappa shape index (κ1) is 16.9. The van der Waals surface area contributed by atoms with E-state index in [1.165, 1.54) is 5.56 Å². The molecule has 2 heterocycles. The molecule has 0 spiro atoms. The summed E-state index contributed by atoms with van der Waals surface area (Å²) in [4.78, 5) is 12.6. The molecule has 1 amide bonds. The average molecular weight is 345 g/mol. The molecule has 24 heavy (non-hydrogen) atoms. The number of carbonyl (C=O) groups excluding carboxylic acids is 1. The Morgan fingerprint density at radius 1 is 1.25 bits per heavy atom. The first-order chi connectivity index (χ1) is 11.5. The van der Waals surface area contributed by atoms with Gasteiger partial charge in [0.1, 0.15) is 5.82 Å². The molecule has 3 rings (SSSR count). The zero-order valence-corrected chi connectivity index (χ0v) is 15.2. The van der Waals surface area contributed by atoms with Crippen LogP contribution >= 0.6 is 0 Å². The van der Waals surface area contributed by atoms with E-state index in [2.05, 4.69) is 10.4 Å². The molecule has 1 aromatic heterocycles. The van der Waals surface area contributed by atoms with Crippen molar-refractivity contribution < 1.29 is 9.00 Å². The predicted octanol–water partition coefficient (Wildman–Crippen LogP) is 3.32. The summed E-state index contributed by atoms with van der Waals surface area (Å²) in [6, 6.07) is 8.02. The maximum Gasteiger partial charge on any atom is 0.228 e. The third-order valence-electron chi connectivity index (χ3n) is 4.55. The Hall–Kier alpha value is -1.95. The van der Waals surface area contributed by atoms with E-state index in [9.17, 15) is 9.00 Å². The van der Waals surface area contributed by atoms with Gasteiger partial charge in [-0.2, -0.15) is 5.10 Å². The maximum absolute atomic E-state index is 12.6. The lowest BCUT2D eigenvalue weighted by molar-refractivity contribution is -0.120. The van der Waals surface area contributed by atoms with Crippen LogP contribution in [0.5, 0.6) is 0 Å². The molecule has 6 heteroatoms. The second-order valence-electron chi connectivity index (χ2n) is 6.25. The molecule has 0 saturated heterocycles. The summed E-state index contributed by atoms with van der Waals surface area (Å²) in [7, 11) is -0.923. The van der Waals surface area contributed by atoms with Gasteiger partial charge >= 0.3 is 0 Å². The van der Waals surface area contributed by atoms with Crippen LogP contribution in [0.15, 0.2) is 24.3 Å². The largest absolute Gasteiger partial charge is 0.310 e. The molecule has 128 valence electrons. The van der Waals surface area contributed by atoms with Gasteiger partial charge in [0.2, 0.25) is 5.91 Å². The third-order valence-corrected chi connectivity index (χ3v) is 5.75. The fourth-order valence-electron chi connectivity index (χ4n) is 3.01. The predicted molar refractivity (Wildman–Crippen MR) is 96.6 cm³/mol. The lowest BCUT2D eigenvalue weighted by Gasteiger charge is -2.15. The van der Waals surface area contributed by atoms with Gasteiger partial charge < -0.3 is 5.32 Å². The quantitative estimate of drug-likeness (QED) is 0.904. The van der Waals surface area contributed by atoms with Crippen LogP contribution in [0.4, 0.5) is 5.82 Å². The van der Waals surface area contributed by atoms with E-state index in [1.54, 1.807) is 4.68 Å². The van der Waals surface area contributed by atoms with Crippen molar-refractivity contribution >= 4 is 22.5 Å². The molecule has 1 aliphatic heterocycles. The van der Waals surface area contributed by atoms with Crippen molar-refractivity contribution in [3.8, 4) is 5.69 Å². The Labute approximate surface area is 144 Å². The minimum atomic E-state index is -0.923. The van der Waals surface area contributed by atoms with Crippen molar-refractivity contribution in [1.29, 1.82) is 0 Å². The second-order valence-corrected chi connectivity index (χ2v) is 7.71. The summed E-state index contributed by atoms with van der Waals surface area (Å²) in [5.74, 6) is 1.58. The van der Waals surface area contributed by atoms with E-state index in [0.717, 1.165) is 29.8 Å². The van der Waals surface area contributed by atoms with Crippen LogP contribution < -0.4 is 5.32 Å². The number of aryl methyl sites for hydroxylation is 1. The van der Waals surface area contributed by atoms with E-state index in [1.807, 2.05) is 45.0 Å². The number of benzene rings is 1. The maximum atomic E-state index is 12.6. The zero-order valence-electron chi connectivity index (χ0n) is 14.3. The normalized spacial score (nSPS) is 16.4. The van der Waals surface area contributed by atoms with Gasteiger partial charge in [0, 0.05) is 22.3 Å². The molecule has 0 aliphatic carbocycles. The molecule has 1 aliphatic rings. The topological polar surface area (TPSA) is 64.0 Å². The number of rotatable bonds is 5. The van der Waals surface area contributed by atoms with Gasteiger partial charge in [-0.1, -0.05) is 31.5 Å². The Balaban J connectivity index is 2.01. The van der Waals surface area contributed by atoms with Crippen LogP contribution in [0.1, 0.15) is 43.5 Å². The number of hydrogen-bond acceptors (Lipinski definition) is 3. The molecule has 5 nitrogen and oxygen atoms in total. The van der Waals surface area contributed by atoms with Crippen molar-refractivity contribution in [2.75, 3.05) is 5.32 Å².